The molecule has 3 N–H and O–H groups in total. The fourth-order valence-corrected chi connectivity index (χ4v) is 4.38. The number of aromatic nitrogens is 1. The first-order valence-corrected chi connectivity index (χ1v) is 9.42. The van der Waals surface area contributed by atoms with E-state index in [0.717, 1.165) is 41.9 Å². The molecule has 1 fully saturated rings. The lowest BCUT2D eigenvalue weighted by atomic mass is 10.1. The van der Waals surface area contributed by atoms with Gasteiger partial charge in [0.25, 0.3) is 0 Å². The largest absolute Gasteiger partial charge is 0.361 e. The minimum absolute atomic E-state index is 0.198. The van der Waals surface area contributed by atoms with E-state index >= 15 is 0 Å². The summed E-state index contributed by atoms with van der Waals surface area (Å²) in [6, 6.07) is 4.85. The number of hydrogen-bond acceptors (Lipinski definition) is 2. The summed E-state index contributed by atoms with van der Waals surface area (Å²) in [6.07, 6.45) is 5.32. The maximum atomic E-state index is 13.4. The molecule has 0 aliphatic carbocycles. The number of hydrogen-bond donors (Lipinski definition) is 3. The molecular formula is C18H25FN4S. The van der Waals surface area contributed by atoms with Gasteiger partial charge in [0, 0.05) is 42.0 Å². The number of rotatable bonds is 5. The molecule has 1 atom stereocenters. The average molecular weight is 348 g/mol. The normalized spacial score (nSPS) is 21.4. The highest BCUT2D eigenvalue weighted by atomic mass is 32.2. The number of H-pyrrole nitrogens is 1. The van der Waals surface area contributed by atoms with Gasteiger partial charge in [-0.05, 0) is 55.7 Å². The Bertz CT molecular complexity index is 719. The molecule has 2 heterocycles. The molecule has 1 aromatic heterocycles. The van der Waals surface area contributed by atoms with Crippen molar-refractivity contribution in [3.05, 3.63) is 35.8 Å². The number of halogens is 1. The molecule has 130 valence electrons. The highest BCUT2D eigenvalue weighted by molar-refractivity contribution is 8.00. The Hall–Kier alpha value is -1.69. The number of fused-ring (bicyclic) bond motifs is 1. The average Bonchev–Trinajstić information content (AvgIpc) is 3.17. The van der Waals surface area contributed by atoms with E-state index in [1.165, 1.54) is 24.7 Å². The second-order valence-corrected chi connectivity index (χ2v) is 8.19. The van der Waals surface area contributed by atoms with E-state index in [1.54, 1.807) is 19.2 Å². The first kappa shape index (κ1) is 17.1. The van der Waals surface area contributed by atoms with Crippen molar-refractivity contribution in [3.8, 4) is 0 Å². The maximum Gasteiger partial charge on any atom is 0.191 e. The fraction of sp³-hybridized carbons (Fsp3) is 0.500. The van der Waals surface area contributed by atoms with Gasteiger partial charge in [0.1, 0.15) is 5.82 Å². The standard InChI is InChI=1S/C18H25FN4S/c1-18(7-3-9-24-18)12-23-17(20-2)21-8-6-13-11-22-16-5-4-14(19)10-15(13)16/h4-5,10-11,22H,3,6-9,12H2,1-2H3,(H2,20,21,23). The number of nitrogens with zero attached hydrogens (tertiary/aromatic N) is 1. The lowest BCUT2D eigenvalue weighted by Gasteiger charge is -2.24. The summed E-state index contributed by atoms with van der Waals surface area (Å²) in [5, 5.41) is 7.73. The molecule has 24 heavy (non-hydrogen) atoms. The van der Waals surface area contributed by atoms with Gasteiger partial charge < -0.3 is 15.6 Å². The Kier molecular flexibility index (Phi) is 5.33. The van der Waals surface area contributed by atoms with Crippen LogP contribution in [-0.2, 0) is 6.42 Å². The van der Waals surface area contributed by atoms with Crippen molar-refractivity contribution in [3.63, 3.8) is 0 Å². The number of nitrogens with one attached hydrogen (secondary N) is 3. The zero-order chi connectivity index (χ0) is 17.0. The molecule has 2 aromatic rings. The topological polar surface area (TPSA) is 52.2 Å². The zero-order valence-electron chi connectivity index (χ0n) is 14.3. The highest BCUT2D eigenvalue weighted by Gasteiger charge is 2.29. The van der Waals surface area contributed by atoms with Crippen molar-refractivity contribution in [1.29, 1.82) is 0 Å². The Morgan fingerprint density at radius 3 is 3.04 bits per heavy atom. The van der Waals surface area contributed by atoms with Crippen molar-refractivity contribution in [1.82, 2.24) is 15.6 Å². The summed E-state index contributed by atoms with van der Waals surface area (Å²) in [5.41, 5.74) is 2.09. The van der Waals surface area contributed by atoms with Gasteiger partial charge in [-0.1, -0.05) is 0 Å². The summed E-state index contributed by atoms with van der Waals surface area (Å²) in [6.45, 7) is 3.99. The number of aromatic amines is 1. The van der Waals surface area contributed by atoms with Crippen molar-refractivity contribution in [2.24, 2.45) is 4.99 Å². The van der Waals surface area contributed by atoms with E-state index in [1.807, 2.05) is 18.0 Å². The van der Waals surface area contributed by atoms with E-state index in [4.69, 9.17) is 0 Å². The third-order valence-electron chi connectivity index (χ3n) is 4.57. The minimum atomic E-state index is -0.198. The minimum Gasteiger partial charge on any atom is -0.361 e. The molecule has 1 aliphatic rings. The third kappa shape index (κ3) is 4.04. The van der Waals surface area contributed by atoms with Crippen molar-refractivity contribution in [2.45, 2.75) is 30.9 Å². The number of benzene rings is 1. The summed E-state index contributed by atoms with van der Waals surface area (Å²) < 4.78 is 13.7. The molecule has 1 unspecified atom stereocenters. The van der Waals surface area contributed by atoms with Crippen LogP contribution < -0.4 is 10.6 Å². The van der Waals surface area contributed by atoms with E-state index in [0.29, 0.717) is 4.75 Å². The molecule has 0 bridgehead atoms. The molecule has 6 heteroatoms. The van der Waals surface area contributed by atoms with Crippen LogP contribution >= 0.6 is 11.8 Å². The van der Waals surface area contributed by atoms with E-state index in [2.05, 4.69) is 27.5 Å². The van der Waals surface area contributed by atoms with Crippen LogP contribution in [0.15, 0.2) is 29.4 Å². The van der Waals surface area contributed by atoms with Crippen molar-refractivity contribution < 1.29 is 4.39 Å². The molecule has 4 nitrogen and oxygen atoms in total. The predicted octanol–water partition coefficient (Wildman–Crippen LogP) is 3.30. The van der Waals surface area contributed by atoms with Crippen LogP contribution in [0.3, 0.4) is 0 Å². The lowest BCUT2D eigenvalue weighted by molar-refractivity contribution is 0.584. The van der Waals surface area contributed by atoms with Crippen molar-refractivity contribution in [2.75, 3.05) is 25.9 Å². The Morgan fingerprint density at radius 1 is 1.42 bits per heavy atom. The second-order valence-electron chi connectivity index (χ2n) is 6.51. The van der Waals surface area contributed by atoms with Crippen LogP contribution in [0.25, 0.3) is 10.9 Å². The number of aliphatic imine (C=N–C) groups is 1. The van der Waals surface area contributed by atoms with E-state index < -0.39 is 0 Å². The molecule has 1 saturated heterocycles. The van der Waals surface area contributed by atoms with Gasteiger partial charge in [0.05, 0.1) is 0 Å². The monoisotopic (exact) mass is 348 g/mol. The first-order valence-electron chi connectivity index (χ1n) is 8.44. The summed E-state index contributed by atoms with van der Waals surface area (Å²) >= 11 is 2.04. The van der Waals surface area contributed by atoms with Crippen LogP contribution in [0.4, 0.5) is 4.39 Å². The molecule has 0 spiro atoms. The first-order chi connectivity index (χ1) is 11.6. The molecule has 0 radical (unpaired) electrons. The molecule has 1 aromatic carbocycles. The van der Waals surface area contributed by atoms with Crippen LogP contribution in [0.2, 0.25) is 0 Å². The highest BCUT2D eigenvalue weighted by Crippen LogP contribution is 2.36. The molecule has 0 amide bonds. The van der Waals surface area contributed by atoms with Gasteiger partial charge in [-0.15, -0.1) is 0 Å². The van der Waals surface area contributed by atoms with E-state index in [-0.39, 0.29) is 5.82 Å². The van der Waals surface area contributed by atoms with Gasteiger partial charge in [-0.2, -0.15) is 11.8 Å². The van der Waals surface area contributed by atoms with Gasteiger partial charge >= 0.3 is 0 Å². The second kappa shape index (κ2) is 7.47. The SMILES string of the molecule is CN=C(NCCc1c[nH]c2ccc(F)cc12)NCC1(C)CCCS1. The summed E-state index contributed by atoms with van der Waals surface area (Å²) in [7, 11) is 1.79. The number of thioether (sulfide) groups is 1. The van der Waals surface area contributed by atoms with Gasteiger partial charge in [-0.3, -0.25) is 4.99 Å². The quantitative estimate of drug-likeness (QED) is 0.574. The van der Waals surface area contributed by atoms with Gasteiger partial charge in [0.2, 0.25) is 0 Å². The zero-order valence-corrected chi connectivity index (χ0v) is 15.1. The lowest BCUT2D eigenvalue weighted by Crippen LogP contribution is -2.44. The van der Waals surface area contributed by atoms with Crippen LogP contribution in [-0.4, -0.2) is 41.6 Å². The molecule has 3 rings (SSSR count). The predicted molar refractivity (Wildman–Crippen MR) is 101 cm³/mol. The summed E-state index contributed by atoms with van der Waals surface area (Å²) in [5.74, 6) is 1.88. The summed E-state index contributed by atoms with van der Waals surface area (Å²) in [4.78, 5) is 7.48. The Balaban J connectivity index is 1.51. The Labute approximate surface area is 146 Å². The maximum absolute atomic E-state index is 13.4. The smallest absolute Gasteiger partial charge is 0.191 e. The van der Waals surface area contributed by atoms with E-state index in [9.17, 15) is 4.39 Å². The van der Waals surface area contributed by atoms with Crippen molar-refractivity contribution >= 4 is 28.6 Å². The van der Waals surface area contributed by atoms with Gasteiger partial charge in [0.15, 0.2) is 5.96 Å². The van der Waals surface area contributed by atoms with Crippen LogP contribution in [0.1, 0.15) is 25.3 Å². The molecular weight excluding hydrogens is 323 g/mol. The third-order valence-corrected chi connectivity index (χ3v) is 6.11. The Morgan fingerprint density at radius 2 is 2.29 bits per heavy atom. The van der Waals surface area contributed by atoms with Crippen LogP contribution in [0.5, 0.6) is 0 Å². The molecule has 0 saturated carbocycles. The van der Waals surface area contributed by atoms with Crippen LogP contribution in [0, 0.1) is 5.82 Å². The number of guanidine groups is 1. The molecule has 1 aliphatic heterocycles. The van der Waals surface area contributed by atoms with Gasteiger partial charge in [-0.25, -0.2) is 4.39 Å². The fourth-order valence-electron chi connectivity index (χ4n) is 3.14.